The second-order valence-electron chi connectivity index (χ2n) is 5.16. The Bertz CT molecular complexity index is 814. The van der Waals surface area contributed by atoms with Crippen LogP contribution in [0.15, 0.2) is 47.5 Å². The summed E-state index contributed by atoms with van der Waals surface area (Å²) in [6, 6.07) is 9.82. The first-order valence-corrected chi connectivity index (χ1v) is 9.28. The quantitative estimate of drug-likeness (QED) is 0.761. The van der Waals surface area contributed by atoms with Crippen LogP contribution in [0.1, 0.15) is 24.2 Å². The summed E-state index contributed by atoms with van der Waals surface area (Å²) in [5.74, 6) is 0.0972. The Morgan fingerprint density at radius 3 is 2.24 bits per heavy atom. The summed E-state index contributed by atoms with van der Waals surface area (Å²) in [4.78, 5) is 15.7. The van der Waals surface area contributed by atoms with Gasteiger partial charge in [0.15, 0.2) is 0 Å². The number of nitrogens with one attached hydrogen (secondary N) is 1. The largest absolute Gasteiger partial charge is 0.465 e. The molecular weight excluding hydrogens is 342 g/mol. The molecule has 134 valence electrons. The standard InChI is InChI=1S/C17H21N3O4S/c1-4-20(5-2)25(22,23)15-10-11-16(18-12-15)19-14-8-6-13(7-9-14)17(21)24-3/h6-12H,4-5H2,1-3H3,(H,18,19). The topological polar surface area (TPSA) is 88.6 Å². The molecule has 25 heavy (non-hydrogen) atoms. The molecule has 0 aliphatic rings. The van der Waals surface area contributed by atoms with E-state index in [1.54, 1.807) is 44.2 Å². The predicted molar refractivity (Wildman–Crippen MR) is 95.4 cm³/mol. The number of sulfonamides is 1. The van der Waals surface area contributed by atoms with Gasteiger partial charge in [-0.25, -0.2) is 18.2 Å². The second kappa shape index (κ2) is 8.09. The minimum atomic E-state index is -3.52. The number of aromatic nitrogens is 1. The van der Waals surface area contributed by atoms with Crippen LogP contribution in [-0.4, -0.2) is 43.9 Å². The van der Waals surface area contributed by atoms with Crippen molar-refractivity contribution in [2.45, 2.75) is 18.7 Å². The van der Waals surface area contributed by atoms with E-state index in [2.05, 4.69) is 15.0 Å². The fourth-order valence-electron chi connectivity index (χ4n) is 2.27. The average Bonchev–Trinajstić information content (AvgIpc) is 2.63. The molecule has 2 aromatic rings. The Morgan fingerprint density at radius 2 is 1.76 bits per heavy atom. The molecule has 0 spiro atoms. The van der Waals surface area contributed by atoms with Crippen molar-refractivity contribution >= 4 is 27.5 Å². The van der Waals surface area contributed by atoms with Gasteiger partial charge in [-0.15, -0.1) is 0 Å². The molecular formula is C17H21N3O4S. The van der Waals surface area contributed by atoms with Crippen molar-refractivity contribution in [3.05, 3.63) is 48.2 Å². The van der Waals surface area contributed by atoms with Gasteiger partial charge in [-0.3, -0.25) is 0 Å². The van der Waals surface area contributed by atoms with Gasteiger partial charge in [0.1, 0.15) is 10.7 Å². The molecule has 8 heteroatoms. The number of rotatable bonds is 7. The Kier molecular flexibility index (Phi) is 6.11. The number of esters is 1. The average molecular weight is 363 g/mol. The molecule has 0 bridgehead atoms. The third kappa shape index (κ3) is 4.34. The molecule has 2 rings (SSSR count). The van der Waals surface area contributed by atoms with Crippen molar-refractivity contribution in [3.8, 4) is 0 Å². The Labute approximate surface area is 147 Å². The van der Waals surface area contributed by atoms with Crippen molar-refractivity contribution in [2.75, 3.05) is 25.5 Å². The SMILES string of the molecule is CCN(CC)S(=O)(=O)c1ccc(Nc2ccc(C(=O)OC)cc2)nc1. The maximum absolute atomic E-state index is 12.4. The minimum absolute atomic E-state index is 0.155. The van der Waals surface area contributed by atoms with Crippen LogP contribution in [0.4, 0.5) is 11.5 Å². The fourth-order valence-corrected chi connectivity index (χ4v) is 3.68. The third-order valence-corrected chi connectivity index (χ3v) is 5.69. The predicted octanol–water partition coefficient (Wildman–Crippen LogP) is 2.64. The molecule has 0 aliphatic carbocycles. The van der Waals surface area contributed by atoms with Gasteiger partial charge in [0.25, 0.3) is 0 Å². The van der Waals surface area contributed by atoms with Crippen LogP contribution in [0.5, 0.6) is 0 Å². The van der Waals surface area contributed by atoms with Crippen molar-refractivity contribution in [2.24, 2.45) is 0 Å². The van der Waals surface area contributed by atoms with E-state index in [9.17, 15) is 13.2 Å². The molecule has 0 radical (unpaired) electrons. The van der Waals surface area contributed by atoms with Gasteiger partial charge >= 0.3 is 5.97 Å². The van der Waals surface area contributed by atoms with Crippen molar-refractivity contribution in [1.29, 1.82) is 0 Å². The van der Waals surface area contributed by atoms with E-state index in [-0.39, 0.29) is 4.90 Å². The Hall–Kier alpha value is -2.45. The van der Waals surface area contributed by atoms with E-state index in [1.165, 1.54) is 23.7 Å². The first kappa shape index (κ1) is 18.9. The monoisotopic (exact) mass is 363 g/mol. The van der Waals surface area contributed by atoms with Crippen LogP contribution < -0.4 is 5.32 Å². The lowest BCUT2D eigenvalue weighted by molar-refractivity contribution is 0.0600. The lowest BCUT2D eigenvalue weighted by Gasteiger charge is -2.18. The van der Waals surface area contributed by atoms with Gasteiger partial charge in [-0.2, -0.15) is 4.31 Å². The number of benzene rings is 1. The maximum Gasteiger partial charge on any atom is 0.337 e. The van der Waals surface area contributed by atoms with E-state index in [0.717, 1.165) is 5.69 Å². The normalized spacial score (nSPS) is 11.4. The molecule has 0 saturated heterocycles. The second-order valence-corrected chi connectivity index (χ2v) is 7.10. The summed E-state index contributed by atoms with van der Waals surface area (Å²) in [6.07, 6.45) is 1.33. The van der Waals surface area contributed by atoms with Crippen LogP contribution in [0.3, 0.4) is 0 Å². The molecule has 7 nitrogen and oxygen atoms in total. The molecule has 1 N–H and O–H groups in total. The highest BCUT2D eigenvalue weighted by molar-refractivity contribution is 7.89. The summed E-state index contributed by atoms with van der Waals surface area (Å²) < 4.78 is 30.9. The molecule has 0 unspecified atom stereocenters. The smallest absolute Gasteiger partial charge is 0.337 e. The number of methoxy groups -OCH3 is 1. The lowest BCUT2D eigenvalue weighted by Crippen LogP contribution is -2.30. The van der Waals surface area contributed by atoms with Gasteiger partial charge < -0.3 is 10.1 Å². The van der Waals surface area contributed by atoms with Crippen molar-refractivity contribution in [1.82, 2.24) is 9.29 Å². The van der Waals surface area contributed by atoms with E-state index in [1.807, 2.05) is 0 Å². The number of hydrogen-bond donors (Lipinski definition) is 1. The zero-order valence-corrected chi connectivity index (χ0v) is 15.2. The molecule has 0 fully saturated rings. The van der Waals surface area contributed by atoms with Gasteiger partial charge in [-0.1, -0.05) is 13.8 Å². The van der Waals surface area contributed by atoms with Gasteiger partial charge in [0.2, 0.25) is 10.0 Å². The van der Waals surface area contributed by atoms with E-state index in [0.29, 0.717) is 24.5 Å². The molecule has 1 aromatic carbocycles. The lowest BCUT2D eigenvalue weighted by atomic mass is 10.2. The highest BCUT2D eigenvalue weighted by atomic mass is 32.2. The molecule has 0 amide bonds. The van der Waals surface area contributed by atoms with Crippen molar-refractivity contribution in [3.63, 3.8) is 0 Å². The highest BCUT2D eigenvalue weighted by Crippen LogP contribution is 2.19. The number of pyridine rings is 1. The summed E-state index contributed by atoms with van der Waals surface area (Å²) >= 11 is 0. The van der Waals surface area contributed by atoms with Crippen molar-refractivity contribution < 1.29 is 17.9 Å². The summed E-state index contributed by atoms with van der Waals surface area (Å²) in [6.45, 7) is 4.40. The van der Waals surface area contributed by atoms with Crippen LogP contribution in [0.25, 0.3) is 0 Å². The van der Waals surface area contributed by atoms with Crippen LogP contribution in [-0.2, 0) is 14.8 Å². The molecule has 0 saturated carbocycles. The fraction of sp³-hybridized carbons (Fsp3) is 0.294. The van der Waals surface area contributed by atoms with Crippen LogP contribution in [0.2, 0.25) is 0 Å². The van der Waals surface area contributed by atoms with Crippen LogP contribution >= 0.6 is 0 Å². The number of hydrogen-bond acceptors (Lipinski definition) is 6. The summed E-state index contributed by atoms with van der Waals surface area (Å²) in [5, 5.41) is 3.05. The highest BCUT2D eigenvalue weighted by Gasteiger charge is 2.21. The van der Waals surface area contributed by atoms with Crippen LogP contribution in [0, 0.1) is 0 Å². The van der Waals surface area contributed by atoms with Gasteiger partial charge in [0.05, 0.1) is 12.7 Å². The zero-order chi connectivity index (χ0) is 18.4. The third-order valence-electron chi connectivity index (χ3n) is 3.66. The van der Waals surface area contributed by atoms with E-state index >= 15 is 0 Å². The summed E-state index contributed by atoms with van der Waals surface area (Å²) in [7, 11) is -2.19. The number of anilines is 2. The maximum atomic E-state index is 12.4. The van der Waals surface area contributed by atoms with E-state index in [4.69, 9.17) is 0 Å². The zero-order valence-electron chi connectivity index (χ0n) is 14.4. The molecule has 0 atom stereocenters. The molecule has 1 aromatic heterocycles. The minimum Gasteiger partial charge on any atom is -0.465 e. The number of ether oxygens (including phenoxy) is 1. The Balaban J connectivity index is 2.14. The number of carbonyl (C=O) groups is 1. The van der Waals surface area contributed by atoms with E-state index < -0.39 is 16.0 Å². The Morgan fingerprint density at radius 1 is 1.12 bits per heavy atom. The molecule has 1 heterocycles. The number of carbonyl (C=O) groups excluding carboxylic acids is 1. The first-order valence-electron chi connectivity index (χ1n) is 7.84. The molecule has 0 aliphatic heterocycles. The summed E-state index contributed by atoms with van der Waals surface area (Å²) in [5.41, 5.74) is 1.17. The first-order chi connectivity index (χ1) is 11.9. The van der Waals surface area contributed by atoms with Gasteiger partial charge in [0, 0.05) is 25.0 Å². The van der Waals surface area contributed by atoms with Gasteiger partial charge in [-0.05, 0) is 36.4 Å². The number of nitrogens with zero attached hydrogens (tertiary/aromatic N) is 2.